The second-order valence-corrected chi connectivity index (χ2v) is 5.75. The van der Waals surface area contributed by atoms with E-state index in [-0.39, 0.29) is 0 Å². The summed E-state index contributed by atoms with van der Waals surface area (Å²) in [5.41, 5.74) is 10.9. The van der Waals surface area contributed by atoms with Crippen LogP contribution in [0.3, 0.4) is 0 Å². The molecule has 2 aromatic rings. The van der Waals surface area contributed by atoms with Gasteiger partial charge in [-0.05, 0) is 56.8 Å². The second kappa shape index (κ2) is 7.28. The number of hydrogen-bond donors (Lipinski definition) is 1. The number of aryl methyl sites for hydroxylation is 3. The van der Waals surface area contributed by atoms with Gasteiger partial charge in [0.1, 0.15) is 5.75 Å². The molecule has 0 aliphatic heterocycles. The van der Waals surface area contributed by atoms with Gasteiger partial charge in [0, 0.05) is 0 Å². The predicted molar refractivity (Wildman–Crippen MR) is 89.0 cm³/mol. The molecule has 2 aromatic carbocycles. The summed E-state index contributed by atoms with van der Waals surface area (Å²) < 4.78 is 5.91. The minimum absolute atomic E-state index is 0.358. The van der Waals surface area contributed by atoms with Crippen molar-refractivity contribution in [3.8, 4) is 5.75 Å². The molecule has 0 heterocycles. The molecule has 2 nitrogen and oxygen atoms in total. The Morgan fingerprint density at radius 2 is 1.62 bits per heavy atom. The number of ether oxygens (including phenoxy) is 1. The second-order valence-electron chi connectivity index (χ2n) is 5.75. The fraction of sp³-hybridized carbons (Fsp3) is 0.368. The third-order valence-electron chi connectivity index (χ3n) is 3.89. The molecular formula is C19H25NO. The normalized spacial score (nSPS) is 12.2. The molecule has 0 aliphatic rings. The topological polar surface area (TPSA) is 35.2 Å². The summed E-state index contributed by atoms with van der Waals surface area (Å²) in [6.07, 6.45) is 0.937. The van der Waals surface area contributed by atoms with E-state index < -0.39 is 0 Å². The summed E-state index contributed by atoms with van der Waals surface area (Å²) in [5, 5.41) is 0. The van der Waals surface area contributed by atoms with Crippen LogP contribution in [0.1, 0.15) is 34.6 Å². The van der Waals surface area contributed by atoms with Crippen LogP contribution in [0.15, 0.2) is 42.5 Å². The largest absolute Gasteiger partial charge is 0.493 e. The van der Waals surface area contributed by atoms with E-state index in [4.69, 9.17) is 10.5 Å². The van der Waals surface area contributed by atoms with Crippen LogP contribution >= 0.6 is 0 Å². The van der Waals surface area contributed by atoms with Crippen molar-refractivity contribution in [3.63, 3.8) is 0 Å². The molecule has 0 fully saturated rings. The third-order valence-corrected chi connectivity index (χ3v) is 3.89. The van der Waals surface area contributed by atoms with Crippen molar-refractivity contribution in [3.05, 3.63) is 64.7 Å². The van der Waals surface area contributed by atoms with Crippen molar-refractivity contribution in [2.24, 2.45) is 5.73 Å². The fourth-order valence-electron chi connectivity index (χ4n) is 2.53. The maximum Gasteiger partial charge on any atom is 0.122 e. The Labute approximate surface area is 127 Å². The molecule has 0 amide bonds. The summed E-state index contributed by atoms with van der Waals surface area (Å²) in [6, 6.07) is 14.9. The van der Waals surface area contributed by atoms with Gasteiger partial charge in [0.25, 0.3) is 0 Å². The summed E-state index contributed by atoms with van der Waals surface area (Å²) >= 11 is 0. The average molecular weight is 283 g/mol. The van der Waals surface area contributed by atoms with Gasteiger partial charge in [-0.1, -0.05) is 47.5 Å². The predicted octanol–water partition coefficient (Wildman–Crippen LogP) is 4.12. The summed E-state index contributed by atoms with van der Waals surface area (Å²) in [6.45, 7) is 7.63. The molecule has 1 atom stereocenters. The molecule has 0 aromatic heterocycles. The zero-order chi connectivity index (χ0) is 15.2. The first-order chi connectivity index (χ1) is 10.1. The summed E-state index contributed by atoms with van der Waals surface area (Å²) in [7, 11) is 0. The molecule has 112 valence electrons. The van der Waals surface area contributed by atoms with Crippen molar-refractivity contribution >= 4 is 0 Å². The lowest BCUT2D eigenvalue weighted by Gasteiger charge is -2.17. The van der Waals surface area contributed by atoms with E-state index in [2.05, 4.69) is 57.2 Å². The number of rotatable bonds is 6. The summed E-state index contributed by atoms with van der Waals surface area (Å²) in [4.78, 5) is 0. The number of nitrogens with two attached hydrogens (primary N) is 1. The number of hydrogen-bond acceptors (Lipinski definition) is 2. The fourth-order valence-corrected chi connectivity index (χ4v) is 2.53. The van der Waals surface area contributed by atoms with Gasteiger partial charge < -0.3 is 10.5 Å². The zero-order valence-electron chi connectivity index (χ0n) is 13.2. The maximum atomic E-state index is 5.92. The SMILES string of the molecule is Cc1ccc(C(CN)CCOc2ccc(C)cc2C)cc1. The first-order valence-electron chi connectivity index (χ1n) is 7.57. The first-order valence-corrected chi connectivity index (χ1v) is 7.57. The minimum Gasteiger partial charge on any atom is -0.493 e. The van der Waals surface area contributed by atoms with E-state index in [0.717, 1.165) is 12.2 Å². The standard InChI is InChI=1S/C19H25NO/c1-14-4-7-17(8-5-14)18(13-20)10-11-21-19-9-6-15(2)12-16(19)3/h4-9,12,18H,10-11,13,20H2,1-3H3. The Morgan fingerprint density at radius 3 is 2.24 bits per heavy atom. The van der Waals surface area contributed by atoms with E-state index in [0.29, 0.717) is 19.1 Å². The molecule has 0 saturated heterocycles. The highest BCUT2D eigenvalue weighted by molar-refractivity contribution is 5.35. The van der Waals surface area contributed by atoms with Crippen molar-refractivity contribution in [2.45, 2.75) is 33.1 Å². The van der Waals surface area contributed by atoms with Gasteiger partial charge in [0.05, 0.1) is 6.61 Å². The van der Waals surface area contributed by atoms with E-state index >= 15 is 0 Å². The molecule has 21 heavy (non-hydrogen) atoms. The van der Waals surface area contributed by atoms with Crippen LogP contribution in [0, 0.1) is 20.8 Å². The molecule has 0 radical (unpaired) electrons. The van der Waals surface area contributed by atoms with Crippen molar-refractivity contribution < 1.29 is 4.74 Å². The minimum atomic E-state index is 0.358. The van der Waals surface area contributed by atoms with Gasteiger partial charge in [-0.15, -0.1) is 0 Å². The Hall–Kier alpha value is -1.80. The Bertz CT molecular complexity index is 575. The highest BCUT2D eigenvalue weighted by Crippen LogP contribution is 2.22. The van der Waals surface area contributed by atoms with Gasteiger partial charge >= 0.3 is 0 Å². The van der Waals surface area contributed by atoms with Gasteiger partial charge in [-0.25, -0.2) is 0 Å². The lowest BCUT2D eigenvalue weighted by molar-refractivity contribution is 0.296. The molecule has 0 saturated carbocycles. The first kappa shape index (κ1) is 15.6. The molecule has 0 aliphatic carbocycles. The van der Waals surface area contributed by atoms with E-state index in [1.165, 1.54) is 22.3 Å². The molecule has 0 spiro atoms. The van der Waals surface area contributed by atoms with Crippen LogP contribution in [0.2, 0.25) is 0 Å². The third kappa shape index (κ3) is 4.33. The Kier molecular flexibility index (Phi) is 5.40. The molecule has 2 heteroatoms. The van der Waals surface area contributed by atoms with Gasteiger partial charge in [-0.2, -0.15) is 0 Å². The van der Waals surface area contributed by atoms with Crippen LogP contribution < -0.4 is 10.5 Å². The van der Waals surface area contributed by atoms with E-state index in [1.54, 1.807) is 0 Å². The van der Waals surface area contributed by atoms with Crippen LogP contribution in [-0.2, 0) is 0 Å². The van der Waals surface area contributed by atoms with Crippen molar-refractivity contribution in [2.75, 3.05) is 13.2 Å². The highest BCUT2D eigenvalue weighted by Gasteiger charge is 2.10. The monoisotopic (exact) mass is 283 g/mol. The highest BCUT2D eigenvalue weighted by atomic mass is 16.5. The van der Waals surface area contributed by atoms with Crippen LogP contribution in [-0.4, -0.2) is 13.2 Å². The summed E-state index contributed by atoms with van der Waals surface area (Å²) in [5.74, 6) is 1.33. The molecule has 2 rings (SSSR count). The van der Waals surface area contributed by atoms with Gasteiger partial charge in [0.15, 0.2) is 0 Å². The molecular weight excluding hydrogens is 258 g/mol. The van der Waals surface area contributed by atoms with E-state index in [1.807, 2.05) is 6.07 Å². The van der Waals surface area contributed by atoms with Crippen LogP contribution in [0.25, 0.3) is 0 Å². The molecule has 0 bridgehead atoms. The average Bonchev–Trinajstić information content (AvgIpc) is 2.47. The lowest BCUT2D eigenvalue weighted by atomic mass is 9.95. The number of benzene rings is 2. The van der Waals surface area contributed by atoms with Crippen LogP contribution in [0.4, 0.5) is 0 Å². The maximum absolute atomic E-state index is 5.92. The lowest BCUT2D eigenvalue weighted by Crippen LogP contribution is -2.15. The van der Waals surface area contributed by atoms with Gasteiger partial charge in [-0.3, -0.25) is 0 Å². The molecule has 2 N–H and O–H groups in total. The van der Waals surface area contributed by atoms with E-state index in [9.17, 15) is 0 Å². The quantitative estimate of drug-likeness (QED) is 0.865. The zero-order valence-corrected chi connectivity index (χ0v) is 13.2. The van der Waals surface area contributed by atoms with Crippen molar-refractivity contribution in [1.82, 2.24) is 0 Å². The van der Waals surface area contributed by atoms with Crippen LogP contribution in [0.5, 0.6) is 5.75 Å². The van der Waals surface area contributed by atoms with Crippen molar-refractivity contribution in [1.29, 1.82) is 0 Å². The smallest absolute Gasteiger partial charge is 0.122 e. The Balaban J connectivity index is 1.93. The Morgan fingerprint density at radius 1 is 0.952 bits per heavy atom. The van der Waals surface area contributed by atoms with Gasteiger partial charge in [0.2, 0.25) is 0 Å². The molecule has 1 unspecified atom stereocenters.